The molecule has 1 aromatic carbocycles. The van der Waals surface area contributed by atoms with Crippen molar-refractivity contribution in [3.05, 3.63) is 23.3 Å². The molecule has 16 heavy (non-hydrogen) atoms. The Hall–Kier alpha value is -1.71. The molecule has 88 valence electrons. The first-order valence-electron chi connectivity index (χ1n) is 5.01. The largest absolute Gasteiger partial charge is 0.493 e. The zero-order chi connectivity index (χ0) is 12.1. The van der Waals surface area contributed by atoms with Gasteiger partial charge in [-0.05, 0) is 24.1 Å². The van der Waals surface area contributed by atoms with Gasteiger partial charge in [0.2, 0.25) is 0 Å². The van der Waals surface area contributed by atoms with Gasteiger partial charge in [-0.1, -0.05) is 6.92 Å². The van der Waals surface area contributed by atoms with Crippen LogP contribution in [0.4, 0.5) is 0 Å². The molecular formula is C12H16O4. The summed E-state index contributed by atoms with van der Waals surface area (Å²) < 4.78 is 15.0. The maximum absolute atomic E-state index is 11.5. The molecule has 0 spiro atoms. The Morgan fingerprint density at radius 2 is 1.69 bits per heavy atom. The fraction of sp³-hybridized carbons (Fsp3) is 0.417. The molecule has 0 atom stereocenters. The van der Waals surface area contributed by atoms with Crippen molar-refractivity contribution < 1.29 is 19.0 Å². The van der Waals surface area contributed by atoms with Crippen LogP contribution in [-0.4, -0.2) is 27.3 Å². The average Bonchev–Trinajstić information content (AvgIpc) is 2.35. The maximum atomic E-state index is 11.5. The minimum atomic E-state index is -0.363. The van der Waals surface area contributed by atoms with Gasteiger partial charge in [0.25, 0.3) is 0 Å². The fourth-order valence-electron chi connectivity index (χ4n) is 1.51. The standard InChI is InChI=1S/C12H16O4/c1-5-8-6-10(14-2)11(15-3)7-9(8)12(13)16-4/h6-7H,5H2,1-4H3. The predicted octanol–water partition coefficient (Wildman–Crippen LogP) is 2.05. The Kier molecular flexibility index (Phi) is 4.17. The lowest BCUT2D eigenvalue weighted by atomic mass is 10.0. The minimum absolute atomic E-state index is 0.363. The minimum Gasteiger partial charge on any atom is -0.493 e. The zero-order valence-electron chi connectivity index (χ0n) is 9.99. The van der Waals surface area contributed by atoms with Crippen LogP contribution in [0.15, 0.2) is 12.1 Å². The SMILES string of the molecule is CCc1cc(OC)c(OC)cc1C(=O)OC. The monoisotopic (exact) mass is 224 g/mol. The molecule has 0 aliphatic carbocycles. The van der Waals surface area contributed by atoms with E-state index in [1.807, 2.05) is 6.92 Å². The number of esters is 1. The average molecular weight is 224 g/mol. The van der Waals surface area contributed by atoms with Gasteiger partial charge in [-0.2, -0.15) is 0 Å². The number of methoxy groups -OCH3 is 3. The summed E-state index contributed by atoms with van der Waals surface area (Å²) in [7, 11) is 4.46. The molecule has 1 aromatic rings. The van der Waals surface area contributed by atoms with Crippen molar-refractivity contribution in [2.75, 3.05) is 21.3 Å². The maximum Gasteiger partial charge on any atom is 0.338 e. The number of ether oxygens (including phenoxy) is 3. The molecule has 0 N–H and O–H groups in total. The van der Waals surface area contributed by atoms with Gasteiger partial charge >= 0.3 is 5.97 Å². The first-order chi connectivity index (χ1) is 7.67. The number of hydrogen-bond donors (Lipinski definition) is 0. The Bertz CT molecular complexity index is 385. The van der Waals surface area contributed by atoms with Crippen LogP contribution in [0.1, 0.15) is 22.8 Å². The Morgan fingerprint density at radius 3 is 2.12 bits per heavy atom. The molecule has 0 saturated heterocycles. The van der Waals surface area contributed by atoms with Crippen molar-refractivity contribution in [3.8, 4) is 11.5 Å². The van der Waals surface area contributed by atoms with Crippen LogP contribution < -0.4 is 9.47 Å². The number of hydrogen-bond acceptors (Lipinski definition) is 4. The van der Waals surface area contributed by atoms with E-state index in [4.69, 9.17) is 14.2 Å². The highest BCUT2D eigenvalue weighted by Gasteiger charge is 2.15. The molecule has 0 heterocycles. The van der Waals surface area contributed by atoms with Crippen molar-refractivity contribution in [3.63, 3.8) is 0 Å². The molecule has 1 rings (SSSR count). The van der Waals surface area contributed by atoms with Gasteiger partial charge in [0.15, 0.2) is 11.5 Å². The summed E-state index contributed by atoms with van der Waals surface area (Å²) in [6.07, 6.45) is 0.727. The van der Waals surface area contributed by atoms with E-state index in [2.05, 4.69) is 0 Å². The third-order valence-corrected chi connectivity index (χ3v) is 2.40. The highest BCUT2D eigenvalue weighted by Crippen LogP contribution is 2.31. The van der Waals surface area contributed by atoms with Crippen molar-refractivity contribution in [1.29, 1.82) is 0 Å². The number of carbonyl (C=O) groups excluding carboxylic acids is 1. The summed E-state index contributed by atoms with van der Waals surface area (Å²) in [5.41, 5.74) is 1.40. The lowest BCUT2D eigenvalue weighted by molar-refractivity contribution is 0.0599. The third-order valence-electron chi connectivity index (χ3n) is 2.40. The van der Waals surface area contributed by atoms with Gasteiger partial charge in [0, 0.05) is 0 Å². The van der Waals surface area contributed by atoms with Crippen LogP contribution >= 0.6 is 0 Å². The van der Waals surface area contributed by atoms with Gasteiger partial charge in [0.05, 0.1) is 26.9 Å². The second kappa shape index (κ2) is 5.39. The quantitative estimate of drug-likeness (QED) is 0.734. The molecule has 0 aliphatic heterocycles. The van der Waals surface area contributed by atoms with Crippen molar-refractivity contribution in [2.45, 2.75) is 13.3 Å². The fourth-order valence-corrected chi connectivity index (χ4v) is 1.51. The second-order valence-electron chi connectivity index (χ2n) is 3.21. The predicted molar refractivity (Wildman–Crippen MR) is 60.3 cm³/mol. The molecule has 4 nitrogen and oxygen atoms in total. The first kappa shape index (κ1) is 12.4. The van der Waals surface area contributed by atoms with Crippen LogP contribution in [0.25, 0.3) is 0 Å². The summed E-state index contributed by atoms with van der Waals surface area (Å²) in [5.74, 6) is 0.782. The summed E-state index contributed by atoms with van der Waals surface area (Å²) in [6.45, 7) is 1.97. The van der Waals surface area contributed by atoms with Gasteiger partial charge in [-0.3, -0.25) is 0 Å². The molecule has 4 heteroatoms. The normalized spacial score (nSPS) is 9.75. The van der Waals surface area contributed by atoms with E-state index in [1.54, 1.807) is 19.2 Å². The molecule has 0 saturated carbocycles. The van der Waals surface area contributed by atoms with Crippen LogP contribution in [0.2, 0.25) is 0 Å². The van der Waals surface area contributed by atoms with Crippen LogP contribution in [0, 0.1) is 0 Å². The van der Waals surface area contributed by atoms with E-state index in [0.29, 0.717) is 17.1 Å². The van der Waals surface area contributed by atoms with Gasteiger partial charge < -0.3 is 14.2 Å². The lowest BCUT2D eigenvalue weighted by Gasteiger charge is -2.12. The van der Waals surface area contributed by atoms with Crippen LogP contribution in [0.5, 0.6) is 11.5 Å². The number of benzene rings is 1. The number of rotatable bonds is 4. The highest BCUT2D eigenvalue weighted by molar-refractivity contribution is 5.92. The lowest BCUT2D eigenvalue weighted by Crippen LogP contribution is -2.06. The molecule has 0 amide bonds. The molecule has 0 unspecified atom stereocenters. The van der Waals surface area contributed by atoms with E-state index < -0.39 is 0 Å². The first-order valence-corrected chi connectivity index (χ1v) is 5.01. The van der Waals surface area contributed by atoms with Crippen molar-refractivity contribution in [1.82, 2.24) is 0 Å². The second-order valence-corrected chi connectivity index (χ2v) is 3.21. The van der Waals surface area contributed by atoms with E-state index in [1.165, 1.54) is 14.2 Å². The third kappa shape index (κ3) is 2.27. The summed E-state index contributed by atoms with van der Waals surface area (Å²) in [5, 5.41) is 0. The van der Waals surface area contributed by atoms with Crippen LogP contribution in [0.3, 0.4) is 0 Å². The Labute approximate surface area is 95.1 Å². The molecular weight excluding hydrogens is 208 g/mol. The van der Waals surface area contributed by atoms with Crippen LogP contribution in [-0.2, 0) is 11.2 Å². The molecule has 0 radical (unpaired) electrons. The highest BCUT2D eigenvalue weighted by atomic mass is 16.5. The van der Waals surface area contributed by atoms with Crippen molar-refractivity contribution >= 4 is 5.97 Å². The Morgan fingerprint density at radius 1 is 1.12 bits per heavy atom. The van der Waals surface area contributed by atoms with Gasteiger partial charge in [0.1, 0.15) is 0 Å². The molecule has 0 aliphatic rings. The van der Waals surface area contributed by atoms with E-state index >= 15 is 0 Å². The topological polar surface area (TPSA) is 44.8 Å². The van der Waals surface area contributed by atoms with E-state index in [0.717, 1.165) is 12.0 Å². The van der Waals surface area contributed by atoms with E-state index in [9.17, 15) is 4.79 Å². The Balaban J connectivity index is 3.31. The number of aryl methyl sites for hydroxylation is 1. The molecule has 0 bridgehead atoms. The smallest absolute Gasteiger partial charge is 0.338 e. The molecule has 0 fully saturated rings. The number of carbonyl (C=O) groups is 1. The summed E-state index contributed by atoms with van der Waals surface area (Å²) in [6, 6.07) is 3.44. The van der Waals surface area contributed by atoms with Crippen molar-refractivity contribution in [2.24, 2.45) is 0 Å². The van der Waals surface area contributed by atoms with Gasteiger partial charge in [-0.25, -0.2) is 4.79 Å². The summed E-state index contributed by atoms with van der Waals surface area (Å²) >= 11 is 0. The van der Waals surface area contributed by atoms with E-state index in [-0.39, 0.29) is 5.97 Å². The molecule has 0 aromatic heterocycles. The zero-order valence-corrected chi connectivity index (χ0v) is 9.99. The van der Waals surface area contributed by atoms with Gasteiger partial charge in [-0.15, -0.1) is 0 Å². The summed E-state index contributed by atoms with van der Waals surface area (Å²) in [4.78, 5) is 11.5.